The molecule has 1 heterocycles. The van der Waals surface area contributed by atoms with E-state index in [0.29, 0.717) is 21.9 Å². The summed E-state index contributed by atoms with van der Waals surface area (Å²) in [6.07, 6.45) is 0. The fraction of sp³-hybridized carbons (Fsp3) is 0. The van der Waals surface area contributed by atoms with Gasteiger partial charge in [-0.15, -0.1) is 0 Å². The molecule has 5 aromatic carbocycles. The summed E-state index contributed by atoms with van der Waals surface area (Å²) >= 11 is 0. The van der Waals surface area contributed by atoms with Gasteiger partial charge in [0.2, 0.25) is 0 Å². The molecule has 41 heavy (non-hydrogen) atoms. The molecule has 0 radical (unpaired) electrons. The van der Waals surface area contributed by atoms with Crippen molar-refractivity contribution in [1.29, 1.82) is 0 Å². The predicted octanol–water partition coefficient (Wildman–Crippen LogP) is 5.69. The highest BCUT2D eigenvalue weighted by Gasteiger charge is 2.41. The molecule has 0 spiro atoms. The lowest BCUT2D eigenvalue weighted by molar-refractivity contribution is 0.483. The van der Waals surface area contributed by atoms with Crippen LogP contribution in [0, 0.1) is 0 Å². The van der Waals surface area contributed by atoms with Gasteiger partial charge in [-0.3, -0.25) is 13.7 Å². The van der Waals surface area contributed by atoms with Gasteiger partial charge < -0.3 is 13.6 Å². The summed E-state index contributed by atoms with van der Waals surface area (Å²) in [5, 5.41) is 1.02. The first-order valence-electron chi connectivity index (χ1n) is 12.6. The fourth-order valence-electron chi connectivity index (χ4n) is 4.63. The zero-order chi connectivity index (χ0) is 28.7. The van der Waals surface area contributed by atoms with Gasteiger partial charge in [0, 0.05) is 5.56 Å². The Bertz CT molecular complexity index is 1900. The molecule has 0 aliphatic carbocycles. The molecule has 1 aliphatic heterocycles. The van der Waals surface area contributed by atoms with Gasteiger partial charge in [-0.2, -0.15) is 0 Å². The molecule has 8 nitrogen and oxygen atoms in total. The van der Waals surface area contributed by atoms with E-state index in [9.17, 15) is 9.13 Å². The highest BCUT2D eigenvalue weighted by molar-refractivity contribution is 7.75. The average molecular weight is 602 g/mol. The molecule has 5 aromatic rings. The molecule has 0 amide bonds. The van der Waals surface area contributed by atoms with Crippen molar-refractivity contribution in [2.75, 3.05) is 0 Å². The molecule has 4 N–H and O–H groups in total. The van der Waals surface area contributed by atoms with Crippen molar-refractivity contribution in [3.63, 3.8) is 0 Å². The van der Waals surface area contributed by atoms with Crippen LogP contribution in [0.5, 0.6) is 17.2 Å². The van der Waals surface area contributed by atoms with Gasteiger partial charge in [0.15, 0.2) is 0 Å². The van der Waals surface area contributed by atoms with Crippen LogP contribution in [0.25, 0.3) is 11.1 Å². The van der Waals surface area contributed by atoms with E-state index in [4.69, 9.17) is 24.6 Å². The lowest BCUT2D eigenvalue weighted by Gasteiger charge is -2.30. The van der Waals surface area contributed by atoms with Crippen molar-refractivity contribution in [2.24, 2.45) is 11.0 Å². The number of rotatable bonds is 7. The Hall–Kier alpha value is -3.89. The van der Waals surface area contributed by atoms with E-state index in [1.165, 1.54) is 18.2 Å². The largest absolute Gasteiger partial charge is 0.436 e. The van der Waals surface area contributed by atoms with Gasteiger partial charge in [-0.1, -0.05) is 72.8 Å². The average Bonchev–Trinajstić information content (AvgIpc) is 2.99. The van der Waals surface area contributed by atoms with E-state index in [1.54, 1.807) is 84.9 Å². The van der Waals surface area contributed by atoms with E-state index in [2.05, 4.69) is 0 Å². The highest BCUT2D eigenvalue weighted by atomic mass is 31.2. The molecule has 0 bridgehead atoms. The zero-order valence-corrected chi connectivity index (χ0v) is 24.3. The second kappa shape index (κ2) is 10.5. The summed E-state index contributed by atoms with van der Waals surface area (Å²) in [6, 6.07) is 35.4. The molecule has 6 rings (SSSR count). The summed E-state index contributed by atoms with van der Waals surface area (Å²) in [7, 11) is -11.7. The number of nitrogens with two attached hydrogens (primary N) is 2. The first-order valence-corrected chi connectivity index (χ1v) is 17.6. The maximum atomic E-state index is 15.1. The summed E-state index contributed by atoms with van der Waals surface area (Å²) in [5.74, 6) is 0.430. The van der Waals surface area contributed by atoms with Gasteiger partial charge in [-0.25, -0.2) is 11.0 Å². The molecule has 0 saturated carbocycles. The standard InChI is InChI=1S/C30H25N2O6P3/c31-40(34,23-11-3-1-4-12-23)36-22-19-20-28(38-41(32,35)24-13-5-2-6-14-24)30(21-22)39(33)29-18-10-8-16-26(29)25-15-7-9-17-27(25)37-39/h1-21H,(H2,31,34)(H2,32,35). The molecule has 0 aromatic heterocycles. The fourth-order valence-corrected chi connectivity index (χ4v) is 9.37. The van der Waals surface area contributed by atoms with E-state index < -0.39 is 22.4 Å². The second-order valence-corrected chi connectivity index (χ2v) is 15.4. The quantitative estimate of drug-likeness (QED) is 0.227. The Labute approximate surface area is 237 Å². The van der Waals surface area contributed by atoms with Crippen LogP contribution in [0.4, 0.5) is 0 Å². The molecule has 3 unspecified atom stereocenters. The Morgan fingerprint density at radius 2 is 1.12 bits per heavy atom. The van der Waals surface area contributed by atoms with Crippen molar-refractivity contribution in [3.8, 4) is 28.4 Å². The third-order valence-electron chi connectivity index (χ3n) is 6.58. The van der Waals surface area contributed by atoms with Crippen LogP contribution >= 0.6 is 22.4 Å². The summed E-state index contributed by atoms with van der Waals surface area (Å²) < 4.78 is 60.0. The Morgan fingerprint density at radius 1 is 0.585 bits per heavy atom. The van der Waals surface area contributed by atoms with Crippen LogP contribution in [0.2, 0.25) is 0 Å². The van der Waals surface area contributed by atoms with Gasteiger partial charge in [0.1, 0.15) is 17.2 Å². The van der Waals surface area contributed by atoms with Gasteiger partial charge in [0.05, 0.1) is 21.2 Å². The van der Waals surface area contributed by atoms with Crippen LogP contribution in [0.3, 0.4) is 0 Å². The lowest BCUT2D eigenvalue weighted by atomic mass is 10.0. The molecular weight excluding hydrogens is 577 g/mol. The van der Waals surface area contributed by atoms with Crippen molar-refractivity contribution in [2.45, 2.75) is 0 Å². The zero-order valence-electron chi connectivity index (χ0n) is 21.6. The maximum Gasteiger partial charge on any atom is 0.344 e. The van der Waals surface area contributed by atoms with E-state index >= 15 is 4.57 Å². The maximum absolute atomic E-state index is 15.1. The van der Waals surface area contributed by atoms with Crippen molar-refractivity contribution >= 4 is 43.6 Å². The van der Waals surface area contributed by atoms with Crippen molar-refractivity contribution in [3.05, 3.63) is 127 Å². The van der Waals surface area contributed by atoms with E-state index in [1.807, 2.05) is 24.3 Å². The molecule has 1 aliphatic rings. The van der Waals surface area contributed by atoms with Crippen molar-refractivity contribution < 1.29 is 27.3 Å². The normalized spacial score (nSPS) is 18.5. The minimum atomic E-state index is -3.98. The highest BCUT2D eigenvalue weighted by Crippen LogP contribution is 2.56. The number of hydrogen-bond acceptors (Lipinski definition) is 6. The Balaban J connectivity index is 1.52. The smallest absolute Gasteiger partial charge is 0.344 e. The van der Waals surface area contributed by atoms with Crippen LogP contribution in [-0.2, 0) is 13.7 Å². The number of para-hydroxylation sites is 1. The van der Waals surface area contributed by atoms with Crippen LogP contribution in [0.15, 0.2) is 127 Å². The molecule has 0 fully saturated rings. The van der Waals surface area contributed by atoms with Crippen LogP contribution in [-0.4, -0.2) is 0 Å². The third-order valence-corrected chi connectivity index (χ3v) is 12.0. The molecule has 206 valence electrons. The molecule has 0 saturated heterocycles. The van der Waals surface area contributed by atoms with Gasteiger partial charge in [0.25, 0.3) is 0 Å². The summed E-state index contributed by atoms with van der Waals surface area (Å²) in [6.45, 7) is 0. The SMILES string of the molecule is NP(=O)(Oc1ccc(OP(N)(=O)c2ccccc2)c(P2(=O)Oc3ccccc3-c3ccccc32)c1)c1ccccc1. The first kappa shape index (κ1) is 27.3. The number of benzene rings is 5. The minimum Gasteiger partial charge on any atom is -0.436 e. The topological polar surface area (TPSA) is 131 Å². The van der Waals surface area contributed by atoms with E-state index in [0.717, 1.165) is 5.56 Å². The summed E-state index contributed by atoms with van der Waals surface area (Å²) in [4.78, 5) is 0. The molecule has 3 atom stereocenters. The number of hydrogen-bond donors (Lipinski definition) is 2. The van der Waals surface area contributed by atoms with Crippen molar-refractivity contribution in [1.82, 2.24) is 0 Å². The lowest BCUT2D eigenvalue weighted by Crippen LogP contribution is -2.27. The summed E-state index contributed by atoms with van der Waals surface area (Å²) in [5.41, 5.74) is 13.8. The second-order valence-electron chi connectivity index (χ2n) is 9.33. The Morgan fingerprint density at radius 3 is 1.78 bits per heavy atom. The molecule has 11 heteroatoms. The van der Waals surface area contributed by atoms with Gasteiger partial charge >= 0.3 is 22.4 Å². The monoisotopic (exact) mass is 602 g/mol. The first-order chi connectivity index (χ1) is 19.7. The number of fused-ring (bicyclic) bond motifs is 3. The van der Waals surface area contributed by atoms with E-state index in [-0.39, 0.29) is 22.1 Å². The predicted molar refractivity (Wildman–Crippen MR) is 163 cm³/mol. The molecular formula is C30H25N2O6P3. The minimum absolute atomic E-state index is 0.0314. The van der Waals surface area contributed by atoms with Crippen LogP contribution < -0.4 is 45.8 Å². The third kappa shape index (κ3) is 5.17. The van der Waals surface area contributed by atoms with Gasteiger partial charge in [-0.05, 0) is 60.2 Å². The Kier molecular flexibility index (Phi) is 6.99. The van der Waals surface area contributed by atoms with Crippen LogP contribution in [0.1, 0.15) is 0 Å².